The molecule has 0 unspecified atom stereocenters. The lowest BCUT2D eigenvalue weighted by Crippen LogP contribution is -2.30. The summed E-state index contributed by atoms with van der Waals surface area (Å²) in [6, 6.07) is 12.9. The molecule has 3 aromatic heterocycles. The van der Waals surface area contributed by atoms with E-state index < -0.39 is 9.84 Å². The van der Waals surface area contributed by atoms with Crippen LogP contribution in [0.3, 0.4) is 0 Å². The van der Waals surface area contributed by atoms with Crippen LogP contribution >= 0.6 is 0 Å². The van der Waals surface area contributed by atoms with Crippen LogP contribution in [0.1, 0.15) is 31.7 Å². The van der Waals surface area contributed by atoms with Crippen molar-refractivity contribution in [2.45, 2.75) is 49.4 Å². The summed E-state index contributed by atoms with van der Waals surface area (Å²) in [6.07, 6.45) is 4.35. The lowest BCUT2D eigenvalue weighted by molar-refractivity contribution is 0.570. The molecule has 4 aromatic rings. The van der Waals surface area contributed by atoms with Gasteiger partial charge in [0.25, 0.3) is 5.56 Å². The van der Waals surface area contributed by atoms with Gasteiger partial charge in [0.15, 0.2) is 0 Å². The van der Waals surface area contributed by atoms with E-state index in [9.17, 15) is 13.2 Å². The molecule has 8 heteroatoms. The summed E-state index contributed by atoms with van der Waals surface area (Å²) < 4.78 is 29.7. The van der Waals surface area contributed by atoms with Gasteiger partial charge in [-0.15, -0.1) is 0 Å². The first-order valence-corrected chi connectivity index (χ1v) is 11.7. The highest BCUT2D eigenvalue weighted by atomic mass is 32.2. The van der Waals surface area contributed by atoms with Gasteiger partial charge in [0.2, 0.25) is 9.84 Å². The van der Waals surface area contributed by atoms with Crippen LogP contribution in [0.4, 0.5) is 0 Å². The largest absolute Gasteiger partial charge is 0.310 e. The summed E-state index contributed by atoms with van der Waals surface area (Å²) in [4.78, 5) is 17.8. The summed E-state index contributed by atoms with van der Waals surface area (Å²) >= 11 is 0. The summed E-state index contributed by atoms with van der Waals surface area (Å²) in [5.41, 5.74) is 1.18. The van der Waals surface area contributed by atoms with Crippen molar-refractivity contribution in [3.63, 3.8) is 0 Å². The second-order valence-electron chi connectivity index (χ2n) is 7.62. The molecule has 0 aliphatic heterocycles. The zero-order valence-electron chi connectivity index (χ0n) is 17.5. The highest BCUT2D eigenvalue weighted by Crippen LogP contribution is 2.21. The Hall–Kier alpha value is -3.26. The Kier molecular flexibility index (Phi) is 5.49. The third kappa shape index (κ3) is 3.67. The number of nitrogens with zero attached hydrogens (tertiary/aromatic N) is 3. The highest BCUT2D eigenvalue weighted by molar-refractivity contribution is 7.91. The summed E-state index contributed by atoms with van der Waals surface area (Å²) in [7, 11) is -3.98. The van der Waals surface area contributed by atoms with Gasteiger partial charge >= 0.3 is 0 Å². The van der Waals surface area contributed by atoms with Gasteiger partial charge in [-0.25, -0.2) is 13.4 Å². The molecule has 0 spiro atoms. The molecule has 0 saturated carbocycles. The first kappa shape index (κ1) is 21.0. The normalized spacial score (nSPS) is 11.9. The summed E-state index contributed by atoms with van der Waals surface area (Å²) in [6.45, 7) is 4.36. The van der Waals surface area contributed by atoms with Gasteiger partial charge in [0, 0.05) is 12.7 Å². The molecule has 7 nitrogen and oxygen atoms in total. The molecular formula is C23H24N4O3S. The number of aromatic nitrogens is 3. The number of aryl methyl sites for hydroxylation is 2. The molecule has 0 amide bonds. The van der Waals surface area contributed by atoms with E-state index >= 15 is 0 Å². The van der Waals surface area contributed by atoms with Crippen LogP contribution in [0.25, 0.3) is 16.7 Å². The first-order valence-electron chi connectivity index (χ1n) is 10.3. The maximum atomic E-state index is 13.3. The van der Waals surface area contributed by atoms with Crippen LogP contribution in [-0.4, -0.2) is 22.4 Å². The smallest absolute Gasteiger partial charge is 0.267 e. The number of unbranched alkanes of at least 4 members (excludes halogenated alkanes) is 2. The molecule has 0 aliphatic rings. The number of sulfone groups is 1. The lowest BCUT2D eigenvalue weighted by atomic mass is 10.2. The van der Waals surface area contributed by atoms with Crippen molar-refractivity contribution < 1.29 is 8.42 Å². The Labute approximate surface area is 180 Å². The minimum absolute atomic E-state index is 0.0904. The average Bonchev–Trinajstić information content (AvgIpc) is 2.76. The molecule has 0 aliphatic carbocycles. The summed E-state index contributed by atoms with van der Waals surface area (Å²) in [5, 5.41) is 8.90. The fraction of sp³-hybridized carbons (Fsp3) is 0.261. The van der Waals surface area contributed by atoms with Gasteiger partial charge in [0.1, 0.15) is 21.7 Å². The Morgan fingerprint density at radius 1 is 1.06 bits per heavy atom. The Balaban J connectivity index is 2.09. The molecule has 0 bridgehead atoms. The number of hydrogen-bond acceptors (Lipinski definition) is 5. The van der Waals surface area contributed by atoms with E-state index in [1.165, 1.54) is 22.6 Å². The van der Waals surface area contributed by atoms with Crippen LogP contribution in [-0.2, 0) is 16.4 Å². The molecule has 1 N–H and O–H groups in total. The first-order chi connectivity index (χ1) is 14.8. The molecule has 0 saturated heterocycles. The zero-order valence-corrected chi connectivity index (χ0v) is 18.3. The minimum atomic E-state index is -3.98. The van der Waals surface area contributed by atoms with E-state index in [1.807, 2.05) is 13.0 Å². The molecule has 0 fully saturated rings. The number of hydrogen-bond donors (Lipinski definition) is 1. The van der Waals surface area contributed by atoms with Gasteiger partial charge in [-0.2, -0.15) is 0 Å². The van der Waals surface area contributed by atoms with Gasteiger partial charge < -0.3 is 4.57 Å². The van der Waals surface area contributed by atoms with Gasteiger partial charge in [-0.05, 0) is 43.2 Å². The SMILES string of the molecule is CCCCCn1c(=N)c(S(=O)(=O)c2ccccc2)cc2c(=O)n3cc(C)ccc3nc21. The van der Waals surface area contributed by atoms with E-state index in [0.29, 0.717) is 17.8 Å². The molecule has 0 radical (unpaired) electrons. The molecule has 31 heavy (non-hydrogen) atoms. The molecule has 160 valence electrons. The van der Waals surface area contributed by atoms with Crippen LogP contribution < -0.4 is 11.0 Å². The van der Waals surface area contributed by atoms with Gasteiger partial charge in [-0.3, -0.25) is 14.6 Å². The number of benzene rings is 1. The fourth-order valence-corrected chi connectivity index (χ4v) is 5.09. The molecule has 4 rings (SSSR count). The maximum absolute atomic E-state index is 13.3. The van der Waals surface area contributed by atoms with Crippen molar-refractivity contribution in [2.24, 2.45) is 0 Å². The van der Waals surface area contributed by atoms with Gasteiger partial charge in [0.05, 0.1) is 10.3 Å². The molecule has 3 heterocycles. The van der Waals surface area contributed by atoms with E-state index in [4.69, 9.17) is 5.41 Å². The van der Waals surface area contributed by atoms with Crippen molar-refractivity contribution >= 4 is 26.5 Å². The highest BCUT2D eigenvalue weighted by Gasteiger charge is 2.23. The van der Waals surface area contributed by atoms with Crippen LogP contribution in [0, 0.1) is 12.3 Å². The molecule has 1 aromatic carbocycles. The van der Waals surface area contributed by atoms with E-state index in [-0.39, 0.29) is 26.2 Å². The van der Waals surface area contributed by atoms with Crippen molar-refractivity contribution in [3.05, 3.63) is 76.1 Å². The predicted octanol–water partition coefficient (Wildman–Crippen LogP) is 3.46. The van der Waals surface area contributed by atoms with E-state index in [2.05, 4.69) is 11.9 Å². The number of pyridine rings is 2. The van der Waals surface area contributed by atoms with Crippen molar-refractivity contribution in [3.8, 4) is 0 Å². The second-order valence-corrected chi connectivity index (χ2v) is 9.54. The van der Waals surface area contributed by atoms with Crippen LogP contribution in [0.15, 0.2) is 69.3 Å². The van der Waals surface area contributed by atoms with Crippen molar-refractivity contribution in [1.29, 1.82) is 5.41 Å². The third-order valence-corrected chi connectivity index (χ3v) is 7.13. The average molecular weight is 437 g/mol. The summed E-state index contributed by atoms with van der Waals surface area (Å²) in [5.74, 6) is 0. The van der Waals surface area contributed by atoms with Crippen LogP contribution in [0.5, 0.6) is 0 Å². The standard InChI is InChI=1S/C23H24N4O3S/c1-3-4-8-13-26-21(24)19(31(29,30)17-9-6-5-7-10-17)14-18-22(26)25-20-12-11-16(2)15-27(20)23(18)28/h5-7,9-12,14-15,24H,3-4,8,13H2,1-2H3. The van der Waals surface area contributed by atoms with E-state index in [1.54, 1.807) is 35.0 Å². The minimum Gasteiger partial charge on any atom is -0.310 e. The third-order valence-electron chi connectivity index (χ3n) is 5.35. The van der Waals surface area contributed by atoms with Crippen LogP contribution in [0.2, 0.25) is 0 Å². The Morgan fingerprint density at radius 2 is 1.81 bits per heavy atom. The second kappa shape index (κ2) is 8.11. The predicted molar refractivity (Wildman–Crippen MR) is 119 cm³/mol. The van der Waals surface area contributed by atoms with Crippen molar-refractivity contribution in [2.75, 3.05) is 0 Å². The lowest BCUT2D eigenvalue weighted by Gasteiger charge is -2.15. The Bertz CT molecular complexity index is 1500. The fourth-order valence-electron chi connectivity index (χ4n) is 3.69. The number of rotatable bonds is 6. The Morgan fingerprint density at radius 3 is 2.52 bits per heavy atom. The molecule has 0 atom stereocenters. The number of nitrogens with one attached hydrogen (secondary N) is 1. The quantitative estimate of drug-likeness (QED) is 0.370. The molecular weight excluding hydrogens is 412 g/mol. The monoisotopic (exact) mass is 436 g/mol. The maximum Gasteiger partial charge on any atom is 0.267 e. The zero-order chi connectivity index (χ0) is 22.2. The topological polar surface area (TPSA) is 97.3 Å². The van der Waals surface area contributed by atoms with E-state index in [0.717, 1.165) is 24.8 Å². The number of fused-ring (bicyclic) bond motifs is 2. The van der Waals surface area contributed by atoms with Crippen molar-refractivity contribution in [1.82, 2.24) is 14.0 Å². The van der Waals surface area contributed by atoms with Gasteiger partial charge in [-0.1, -0.05) is 44.0 Å².